The van der Waals surface area contributed by atoms with Crippen LogP contribution < -0.4 is 4.43 Å². The number of carbonyl (C=O) groups excluding carboxylic acids is 2. The first-order valence-corrected chi connectivity index (χ1v) is 13.6. The second-order valence-electron chi connectivity index (χ2n) is 9.56. The van der Waals surface area contributed by atoms with Gasteiger partial charge in [0.05, 0.1) is 12.5 Å². The molecule has 1 unspecified atom stereocenters. The Bertz CT molecular complexity index is 739. The first-order chi connectivity index (χ1) is 13.5. The lowest BCUT2D eigenvalue weighted by atomic mass is 9.87. The van der Waals surface area contributed by atoms with Crippen molar-refractivity contribution in [2.45, 2.75) is 77.9 Å². The van der Waals surface area contributed by atoms with Gasteiger partial charge in [0.15, 0.2) is 0 Å². The van der Waals surface area contributed by atoms with Crippen LogP contribution in [-0.4, -0.2) is 44.8 Å². The van der Waals surface area contributed by atoms with E-state index in [4.69, 9.17) is 9.16 Å². The molecule has 1 amide bonds. The minimum Gasteiger partial charge on any atom is -0.543 e. The normalized spacial score (nSPS) is 18.0. The molecule has 0 radical (unpaired) electrons. The highest BCUT2D eigenvalue weighted by atomic mass is 28.4. The van der Waals surface area contributed by atoms with E-state index >= 15 is 0 Å². The number of nitrogens with zero attached hydrogens (tertiary/aromatic N) is 1. The fourth-order valence-corrected chi connectivity index (χ4v) is 4.24. The number of piperidine rings is 1. The van der Waals surface area contributed by atoms with Crippen molar-refractivity contribution in [2.24, 2.45) is 0 Å². The number of hydrogen-bond acceptors (Lipinski definition) is 4. The van der Waals surface area contributed by atoms with Gasteiger partial charge in [0.25, 0.3) is 0 Å². The van der Waals surface area contributed by atoms with Crippen LogP contribution >= 0.6 is 0 Å². The van der Waals surface area contributed by atoms with E-state index in [-0.39, 0.29) is 22.8 Å². The van der Waals surface area contributed by atoms with E-state index in [1.165, 1.54) is 0 Å². The zero-order chi connectivity index (χ0) is 21.8. The van der Waals surface area contributed by atoms with Gasteiger partial charge in [-0.15, -0.1) is 0 Å². The molecule has 1 atom stereocenters. The van der Waals surface area contributed by atoms with Crippen LogP contribution in [0.2, 0.25) is 18.1 Å². The van der Waals surface area contributed by atoms with Crippen LogP contribution in [0.4, 0.5) is 4.79 Å². The van der Waals surface area contributed by atoms with Gasteiger partial charge in [0.1, 0.15) is 11.5 Å². The summed E-state index contributed by atoms with van der Waals surface area (Å²) in [6.45, 7) is 16.4. The number of aryl methyl sites for hydroxylation is 1. The molecule has 2 rings (SSSR count). The first-order valence-electron chi connectivity index (χ1n) is 10.7. The van der Waals surface area contributed by atoms with Crippen LogP contribution in [-0.2, 0) is 9.53 Å². The van der Waals surface area contributed by atoms with Crippen LogP contribution in [0.1, 0.15) is 64.0 Å². The zero-order valence-electron chi connectivity index (χ0n) is 19.1. The number of likely N-dealkylation sites (tertiary alicyclic amines) is 1. The number of rotatable bonds is 6. The Morgan fingerprint density at radius 1 is 1.28 bits per heavy atom. The fourth-order valence-electron chi connectivity index (χ4n) is 3.22. The standard InChI is InChI=1S/C23H37NO4Si/c1-8-9-14-27-22(26)24-13-12-21(25)20(16-24)19-11-10-18(15-17(19)2)28-29(6,7)23(3,4)5/h10-11,15,20H,8-9,12-14,16H2,1-7H3. The summed E-state index contributed by atoms with van der Waals surface area (Å²) in [6, 6.07) is 5.99. The number of ether oxygens (including phenoxy) is 1. The van der Waals surface area contributed by atoms with Gasteiger partial charge in [0, 0.05) is 19.5 Å². The van der Waals surface area contributed by atoms with Crippen LogP contribution in [0.3, 0.4) is 0 Å². The summed E-state index contributed by atoms with van der Waals surface area (Å²) < 4.78 is 11.7. The molecule has 1 aromatic carbocycles. The number of Topliss-reactive ketones (excluding diaryl/α,β-unsaturated/α-hetero) is 1. The number of benzene rings is 1. The zero-order valence-corrected chi connectivity index (χ0v) is 20.1. The molecule has 1 aliphatic heterocycles. The average molecular weight is 420 g/mol. The van der Waals surface area contributed by atoms with Crippen LogP contribution in [0, 0.1) is 6.92 Å². The Labute approximate surface area is 176 Å². The topological polar surface area (TPSA) is 55.8 Å². The van der Waals surface area contributed by atoms with Crippen LogP contribution in [0.25, 0.3) is 0 Å². The lowest BCUT2D eigenvalue weighted by molar-refractivity contribution is -0.122. The van der Waals surface area contributed by atoms with Crippen LogP contribution in [0.15, 0.2) is 18.2 Å². The van der Waals surface area contributed by atoms with E-state index in [1.54, 1.807) is 4.90 Å². The van der Waals surface area contributed by atoms with E-state index in [0.717, 1.165) is 29.7 Å². The minimum absolute atomic E-state index is 0.123. The van der Waals surface area contributed by atoms with Crippen molar-refractivity contribution < 1.29 is 18.8 Å². The molecule has 0 N–H and O–H groups in total. The van der Waals surface area contributed by atoms with Crippen molar-refractivity contribution in [1.82, 2.24) is 4.90 Å². The molecule has 1 heterocycles. The second kappa shape index (κ2) is 9.33. The first kappa shape index (κ1) is 23.5. The third-order valence-electron chi connectivity index (χ3n) is 6.20. The Kier molecular flexibility index (Phi) is 7.54. The molecular weight excluding hydrogens is 382 g/mol. The van der Waals surface area contributed by atoms with Gasteiger partial charge in [-0.1, -0.05) is 40.2 Å². The second-order valence-corrected chi connectivity index (χ2v) is 14.3. The lowest BCUT2D eigenvalue weighted by Crippen LogP contribution is -2.44. The Morgan fingerprint density at radius 3 is 2.55 bits per heavy atom. The maximum absolute atomic E-state index is 12.6. The molecule has 1 aliphatic rings. The van der Waals surface area contributed by atoms with Crippen LogP contribution in [0.5, 0.6) is 5.75 Å². The summed E-state index contributed by atoms with van der Waals surface area (Å²) in [4.78, 5) is 26.6. The third-order valence-corrected chi connectivity index (χ3v) is 10.6. The Hall–Kier alpha value is -1.82. The van der Waals surface area contributed by atoms with Crippen molar-refractivity contribution in [2.75, 3.05) is 19.7 Å². The lowest BCUT2D eigenvalue weighted by Gasteiger charge is -2.37. The number of amides is 1. The van der Waals surface area contributed by atoms with Crippen molar-refractivity contribution in [3.63, 3.8) is 0 Å². The Balaban J connectivity index is 2.14. The van der Waals surface area contributed by atoms with Gasteiger partial charge in [-0.3, -0.25) is 4.79 Å². The summed E-state index contributed by atoms with van der Waals surface area (Å²) in [5.74, 6) is 0.741. The molecule has 162 valence electrons. The minimum atomic E-state index is -1.92. The molecule has 1 fully saturated rings. The van der Waals surface area contributed by atoms with Gasteiger partial charge in [-0.05, 0) is 54.7 Å². The molecule has 0 bridgehead atoms. The molecule has 5 nitrogen and oxygen atoms in total. The molecule has 29 heavy (non-hydrogen) atoms. The molecule has 0 aliphatic carbocycles. The van der Waals surface area contributed by atoms with E-state index in [2.05, 4.69) is 40.8 Å². The monoisotopic (exact) mass is 419 g/mol. The van der Waals surface area contributed by atoms with Gasteiger partial charge < -0.3 is 14.1 Å². The summed E-state index contributed by atoms with van der Waals surface area (Å²) in [5, 5.41) is 0.123. The van der Waals surface area contributed by atoms with E-state index in [9.17, 15) is 9.59 Å². The molecule has 1 aromatic rings. The number of ketones is 1. The largest absolute Gasteiger partial charge is 0.543 e. The third kappa shape index (κ3) is 5.84. The molecule has 0 aromatic heterocycles. The fraction of sp³-hybridized carbons (Fsp3) is 0.652. The Morgan fingerprint density at radius 2 is 1.97 bits per heavy atom. The summed E-state index contributed by atoms with van der Waals surface area (Å²) in [6.07, 6.45) is 1.90. The maximum atomic E-state index is 12.6. The number of unbranched alkanes of at least 4 members (excludes halogenated alkanes) is 1. The predicted molar refractivity (Wildman–Crippen MR) is 119 cm³/mol. The maximum Gasteiger partial charge on any atom is 0.409 e. The van der Waals surface area contributed by atoms with E-state index in [0.29, 0.717) is 26.1 Å². The van der Waals surface area contributed by atoms with Gasteiger partial charge in [-0.2, -0.15) is 0 Å². The van der Waals surface area contributed by atoms with Crippen molar-refractivity contribution in [3.05, 3.63) is 29.3 Å². The van der Waals surface area contributed by atoms with Crippen molar-refractivity contribution in [1.29, 1.82) is 0 Å². The molecule has 6 heteroatoms. The van der Waals surface area contributed by atoms with Gasteiger partial charge >= 0.3 is 6.09 Å². The molecule has 0 spiro atoms. The van der Waals surface area contributed by atoms with Gasteiger partial charge in [0.2, 0.25) is 8.32 Å². The van der Waals surface area contributed by atoms with Crippen molar-refractivity contribution >= 4 is 20.2 Å². The summed E-state index contributed by atoms with van der Waals surface area (Å²) >= 11 is 0. The smallest absolute Gasteiger partial charge is 0.409 e. The average Bonchev–Trinajstić information content (AvgIpc) is 2.61. The number of hydrogen-bond donors (Lipinski definition) is 0. The highest BCUT2D eigenvalue weighted by Crippen LogP contribution is 2.38. The molecular formula is C23H37NO4Si. The highest BCUT2D eigenvalue weighted by molar-refractivity contribution is 6.74. The molecule has 0 saturated carbocycles. The van der Waals surface area contributed by atoms with Gasteiger partial charge in [-0.25, -0.2) is 4.79 Å². The van der Waals surface area contributed by atoms with E-state index < -0.39 is 8.32 Å². The van der Waals surface area contributed by atoms with E-state index in [1.807, 2.05) is 25.1 Å². The van der Waals surface area contributed by atoms with Crippen molar-refractivity contribution in [3.8, 4) is 5.75 Å². The highest BCUT2D eigenvalue weighted by Gasteiger charge is 2.39. The SMILES string of the molecule is CCCCOC(=O)N1CCC(=O)C(c2ccc(O[Si](C)(C)C(C)(C)C)cc2C)C1. The number of carbonyl (C=O) groups is 2. The summed E-state index contributed by atoms with van der Waals surface area (Å²) in [5.41, 5.74) is 2.00. The quantitative estimate of drug-likeness (QED) is 0.440. The predicted octanol–water partition coefficient (Wildman–Crippen LogP) is 5.67. The molecule has 1 saturated heterocycles. The summed E-state index contributed by atoms with van der Waals surface area (Å²) in [7, 11) is -1.92.